The van der Waals surface area contributed by atoms with Crippen LogP contribution in [0.2, 0.25) is 0 Å². The maximum Gasteiger partial charge on any atom is 0.362 e. The summed E-state index contributed by atoms with van der Waals surface area (Å²) in [4.78, 5) is 27.0. The number of methoxy groups -OCH3 is 1. The van der Waals surface area contributed by atoms with E-state index in [1.165, 1.54) is 7.11 Å². The molecule has 2 heterocycles. The highest BCUT2D eigenvalue weighted by Gasteiger charge is 2.38. The minimum Gasteiger partial charge on any atom is -0.484 e. The Kier molecular flexibility index (Phi) is 5.03. The monoisotopic (exact) mass is 391 g/mol. The lowest BCUT2D eigenvalue weighted by molar-refractivity contribution is 0.0587. The molecular weight excluding hydrogens is 370 g/mol. The Morgan fingerprint density at radius 3 is 2.41 bits per heavy atom. The van der Waals surface area contributed by atoms with Gasteiger partial charge in [0.2, 0.25) is 5.69 Å². The predicted molar refractivity (Wildman–Crippen MR) is 106 cm³/mol. The number of rotatable bonds is 5. The van der Waals surface area contributed by atoms with Crippen molar-refractivity contribution in [3.63, 3.8) is 0 Å². The van der Waals surface area contributed by atoms with E-state index in [1.807, 2.05) is 60.7 Å². The number of hydrogen-bond donors (Lipinski definition) is 0. The molecule has 1 aliphatic rings. The molecule has 2 aromatic carbocycles. The molecular formula is C22H21N3O4. The van der Waals surface area contributed by atoms with E-state index in [9.17, 15) is 9.59 Å². The van der Waals surface area contributed by atoms with Gasteiger partial charge < -0.3 is 14.4 Å². The highest BCUT2D eigenvalue weighted by Crippen LogP contribution is 2.34. The van der Waals surface area contributed by atoms with E-state index >= 15 is 0 Å². The molecule has 0 fully saturated rings. The molecule has 7 nitrogen and oxygen atoms in total. The number of ether oxygens (including phenoxy) is 2. The molecule has 1 atom stereocenters. The molecule has 0 spiro atoms. The molecule has 4 rings (SSSR count). The van der Waals surface area contributed by atoms with Crippen LogP contribution in [-0.2, 0) is 11.3 Å². The molecule has 0 radical (unpaired) electrons. The summed E-state index contributed by atoms with van der Waals surface area (Å²) in [6.07, 6.45) is 0. The third-order valence-corrected chi connectivity index (χ3v) is 4.95. The first-order chi connectivity index (χ1) is 14.1. The highest BCUT2D eigenvalue weighted by atomic mass is 16.5. The van der Waals surface area contributed by atoms with Crippen LogP contribution in [0.3, 0.4) is 0 Å². The zero-order valence-electron chi connectivity index (χ0n) is 16.2. The lowest BCUT2D eigenvalue weighted by Crippen LogP contribution is -2.41. The summed E-state index contributed by atoms with van der Waals surface area (Å²) in [5.74, 6) is -0.738. The van der Waals surface area contributed by atoms with Crippen molar-refractivity contribution in [2.45, 2.75) is 12.6 Å². The molecule has 1 amide bonds. The summed E-state index contributed by atoms with van der Waals surface area (Å²) in [6.45, 7) is 0.646. The van der Waals surface area contributed by atoms with Crippen LogP contribution in [-0.4, -0.2) is 47.3 Å². The molecule has 0 N–H and O–H groups in total. The van der Waals surface area contributed by atoms with Crippen molar-refractivity contribution in [3.05, 3.63) is 83.2 Å². The zero-order valence-corrected chi connectivity index (χ0v) is 16.2. The molecule has 29 heavy (non-hydrogen) atoms. The van der Waals surface area contributed by atoms with E-state index in [2.05, 4.69) is 5.10 Å². The molecule has 1 aliphatic heterocycles. The topological polar surface area (TPSA) is 73.7 Å². The van der Waals surface area contributed by atoms with E-state index in [-0.39, 0.29) is 35.7 Å². The Labute approximate surface area is 168 Å². The standard InChI is InChI=1S/C22H21N3O4/c1-24-13-17(16-11-7-4-8-12-16)25-19(21(24)26)20(18(23-25)22(27)28-2)29-14-15-9-5-3-6-10-15/h3-12,17H,13-14H2,1-2H3/t17-/m1/s1. The number of carbonyl (C=O) groups excluding carboxylic acids is 2. The number of hydrogen-bond acceptors (Lipinski definition) is 5. The van der Waals surface area contributed by atoms with Gasteiger partial charge in [0.1, 0.15) is 6.61 Å². The second-order valence-electron chi connectivity index (χ2n) is 6.85. The van der Waals surface area contributed by atoms with Crippen molar-refractivity contribution < 1.29 is 19.1 Å². The number of amides is 1. The molecule has 0 saturated carbocycles. The fourth-order valence-corrected chi connectivity index (χ4v) is 3.46. The fraction of sp³-hybridized carbons (Fsp3) is 0.227. The maximum absolute atomic E-state index is 13.0. The molecule has 0 saturated heterocycles. The molecule has 3 aromatic rings. The van der Waals surface area contributed by atoms with Gasteiger partial charge in [-0.2, -0.15) is 5.10 Å². The van der Waals surface area contributed by atoms with E-state index in [0.29, 0.717) is 6.54 Å². The normalized spacial score (nSPS) is 15.7. The average molecular weight is 391 g/mol. The molecule has 0 aliphatic carbocycles. The summed E-state index contributed by atoms with van der Waals surface area (Å²) in [7, 11) is 3.01. The second kappa shape index (κ2) is 7.79. The number of carbonyl (C=O) groups is 2. The average Bonchev–Trinajstić information content (AvgIpc) is 3.15. The smallest absolute Gasteiger partial charge is 0.362 e. The Hall–Kier alpha value is -3.61. The highest BCUT2D eigenvalue weighted by molar-refractivity contribution is 6.01. The van der Waals surface area contributed by atoms with Gasteiger partial charge >= 0.3 is 5.97 Å². The number of fused-ring (bicyclic) bond motifs is 1. The minimum absolute atomic E-state index is 0.00279. The largest absolute Gasteiger partial charge is 0.484 e. The van der Waals surface area contributed by atoms with Crippen molar-refractivity contribution in [1.29, 1.82) is 0 Å². The van der Waals surface area contributed by atoms with Gasteiger partial charge in [-0.05, 0) is 11.1 Å². The predicted octanol–water partition coefficient (Wildman–Crippen LogP) is 2.92. The summed E-state index contributed by atoms with van der Waals surface area (Å²) < 4.78 is 12.4. The number of likely N-dealkylation sites (N-methyl/N-ethyl adjacent to an activating group) is 1. The maximum atomic E-state index is 13.0. The van der Waals surface area contributed by atoms with Crippen molar-refractivity contribution >= 4 is 11.9 Å². The molecule has 148 valence electrons. The summed E-state index contributed by atoms with van der Waals surface area (Å²) in [5, 5.41) is 4.45. The third-order valence-electron chi connectivity index (χ3n) is 4.95. The van der Waals surface area contributed by atoms with E-state index < -0.39 is 5.97 Å². The van der Waals surface area contributed by atoms with Crippen LogP contribution < -0.4 is 4.74 Å². The Morgan fingerprint density at radius 2 is 1.76 bits per heavy atom. The first-order valence-corrected chi connectivity index (χ1v) is 9.28. The number of nitrogens with zero attached hydrogens (tertiary/aromatic N) is 3. The summed E-state index contributed by atoms with van der Waals surface area (Å²) >= 11 is 0. The van der Waals surface area contributed by atoms with Crippen LogP contribution in [0.15, 0.2) is 60.7 Å². The quantitative estimate of drug-likeness (QED) is 0.625. The van der Waals surface area contributed by atoms with Gasteiger partial charge in [-0.1, -0.05) is 60.7 Å². The second-order valence-corrected chi connectivity index (χ2v) is 6.85. The summed E-state index contributed by atoms with van der Waals surface area (Å²) in [6, 6.07) is 19.0. The van der Waals surface area contributed by atoms with Crippen molar-refractivity contribution in [3.8, 4) is 5.75 Å². The van der Waals surface area contributed by atoms with Crippen LogP contribution in [0, 0.1) is 0 Å². The summed E-state index contributed by atoms with van der Waals surface area (Å²) in [5.41, 5.74) is 2.16. The van der Waals surface area contributed by atoms with Gasteiger partial charge in [0.05, 0.1) is 13.2 Å². The van der Waals surface area contributed by atoms with E-state index in [0.717, 1.165) is 11.1 Å². The molecule has 0 bridgehead atoms. The Balaban J connectivity index is 1.81. The molecule has 1 aromatic heterocycles. The van der Waals surface area contributed by atoms with E-state index in [4.69, 9.17) is 9.47 Å². The number of benzene rings is 2. The first-order valence-electron chi connectivity index (χ1n) is 9.28. The van der Waals surface area contributed by atoms with Gasteiger partial charge in [-0.15, -0.1) is 0 Å². The Bertz CT molecular complexity index is 1030. The number of aromatic nitrogens is 2. The Morgan fingerprint density at radius 1 is 1.10 bits per heavy atom. The fourth-order valence-electron chi connectivity index (χ4n) is 3.46. The first kappa shape index (κ1) is 18.7. The lowest BCUT2D eigenvalue weighted by atomic mass is 10.0. The molecule has 0 unspecified atom stereocenters. The van der Waals surface area contributed by atoms with Gasteiger partial charge in [-0.25, -0.2) is 9.48 Å². The lowest BCUT2D eigenvalue weighted by Gasteiger charge is -2.31. The van der Waals surface area contributed by atoms with Gasteiger partial charge in [0.25, 0.3) is 5.91 Å². The van der Waals surface area contributed by atoms with E-state index in [1.54, 1.807) is 16.6 Å². The van der Waals surface area contributed by atoms with Crippen molar-refractivity contribution in [2.24, 2.45) is 0 Å². The van der Waals surface area contributed by atoms with Crippen molar-refractivity contribution in [1.82, 2.24) is 14.7 Å². The van der Waals surface area contributed by atoms with Crippen LogP contribution in [0.5, 0.6) is 5.75 Å². The van der Waals surface area contributed by atoms with Gasteiger partial charge in [0.15, 0.2) is 11.4 Å². The van der Waals surface area contributed by atoms with Gasteiger partial charge in [0, 0.05) is 13.6 Å². The zero-order chi connectivity index (χ0) is 20.4. The number of esters is 1. The van der Waals surface area contributed by atoms with Crippen LogP contribution >= 0.6 is 0 Å². The van der Waals surface area contributed by atoms with Crippen LogP contribution in [0.1, 0.15) is 38.1 Å². The van der Waals surface area contributed by atoms with Gasteiger partial charge in [-0.3, -0.25) is 4.79 Å². The SMILES string of the molecule is COC(=O)c1nn2c(c1OCc1ccccc1)C(=O)N(C)C[C@@H]2c1ccccc1. The third kappa shape index (κ3) is 3.47. The van der Waals surface area contributed by atoms with Crippen molar-refractivity contribution in [2.75, 3.05) is 20.7 Å². The minimum atomic E-state index is -0.641. The molecule has 7 heteroatoms. The van der Waals surface area contributed by atoms with Crippen LogP contribution in [0.25, 0.3) is 0 Å². The van der Waals surface area contributed by atoms with Crippen LogP contribution in [0.4, 0.5) is 0 Å².